The summed E-state index contributed by atoms with van der Waals surface area (Å²) in [7, 11) is -3.35. The fourth-order valence-corrected chi connectivity index (χ4v) is 1.46. The molecule has 2 unspecified atom stereocenters. The van der Waals surface area contributed by atoms with Crippen LogP contribution >= 0.6 is 16.1 Å². The molecule has 0 radical (unpaired) electrons. The molecule has 0 fully saturated rings. The van der Waals surface area contributed by atoms with E-state index in [-0.39, 0.29) is 7.43 Å². The van der Waals surface area contributed by atoms with E-state index in [2.05, 4.69) is 4.31 Å². The Kier molecular flexibility index (Phi) is 7.30. The summed E-state index contributed by atoms with van der Waals surface area (Å²) in [5.41, 5.74) is 0. The zero-order valence-corrected chi connectivity index (χ0v) is 5.91. The fourth-order valence-electron chi connectivity index (χ4n) is 0.162. The highest BCUT2D eigenvalue weighted by atomic mass is 31.2. The largest absolute Gasteiger partial charge is 0.558 e. The van der Waals surface area contributed by atoms with Gasteiger partial charge in [0.1, 0.15) is 4.31 Å². The van der Waals surface area contributed by atoms with Gasteiger partial charge in [0, 0.05) is 0 Å². The van der Waals surface area contributed by atoms with E-state index in [4.69, 9.17) is 0 Å². The molecule has 2 atom stereocenters. The topological polar surface area (TPSA) is 43.4 Å². The van der Waals surface area contributed by atoms with Crippen molar-refractivity contribution >= 4 is 16.1 Å². The van der Waals surface area contributed by atoms with Gasteiger partial charge in [-0.3, -0.25) is 0 Å². The zero-order chi connectivity index (χ0) is 5.86. The van der Waals surface area contributed by atoms with E-state index in [9.17, 15) is 9.13 Å². The predicted molar refractivity (Wildman–Crippen MR) is 34.9 cm³/mol. The summed E-state index contributed by atoms with van der Waals surface area (Å²) < 4.78 is 24.3. The van der Waals surface area contributed by atoms with Crippen molar-refractivity contribution in [3.8, 4) is 0 Å². The Morgan fingerprint density at radius 3 is 1.38 bits per heavy atom. The van der Waals surface area contributed by atoms with Gasteiger partial charge in [-0.05, 0) is 9.13 Å². The third-order valence-electron chi connectivity index (χ3n) is 0.230. The summed E-state index contributed by atoms with van der Waals surface area (Å²) in [6, 6.07) is 0. The van der Waals surface area contributed by atoms with Gasteiger partial charge in [0.05, 0.1) is 0 Å². The minimum Gasteiger partial charge on any atom is -0.0776 e. The van der Waals surface area contributed by atoms with Gasteiger partial charge in [0.2, 0.25) is 0 Å². The Labute approximate surface area is 51.2 Å². The second-order valence-corrected chi connectivity index (χ2v) is 3.37. The van der Waals surface area contributed by atoms with Crippen molar-refractivity contribution in [2.24, 2.45) is 0 Å². The third-order valence-corrected chi connectivity index (χ3v) is 2.07. The molecule has 8 heavy (non-hydrogen) atoms. The van der Waals surface area contributed by atoms with Gasteiger partial charge < -0.3 is 0 Å². The van der Waals surface area contributed by atoms with Crippen LogP contribution in [-0.2, 0) is 13.4 Å². The smallest absolute Gasteiger partial charge is 0.0776 e. The maximum atomic E-state index is 10.00. The monoisotopic (exact) mass is 156 g/mol. The first-order valence-electron chi connectivity index (χ1n) is 1.62. The molecule has 0 saturated carbocycles. The first-order valence-corrected chi connectivity index (χ1v) is 4.87. The van der Waals surface area contributed by atoms with Gasteiger partial charge in [-0.1, -0.05) is 7.43 Å². The van der Waals surface area contributed by atoms with Crippen molar-refractivity contribution in [3.63, 3.8) is 0 Å². The quantitative estimate of drug-likeness (QED) is 0.576. The van der Waals surface area contributed by atoms with Crippen molar-refractivity contribution in [3.05, 3.63) is 0 Å². The fraction of sp³-hybridized carbons (Fsp3) is 1.00. The summed E-state index contributed by atoms with van der Waals surface area (Å²) in [5.74, 6) is 0. The van der Waals surface area contributed by atoms with Crippen LogP contribution in [0.4, 0.5) is 0 Å². The van der Waals surface area contributed by atoms with Crippen LogP contribution in [0.5, 0.6) is 0 Å². The van der Waals surface area contributed by atoms with E-state index in [1.54, 1.807) is 0 Å². The van der Waals surface area contributed by atoms with E-state index >= 15 is 0 Å². The highest BCUT2D eigenvalue weighted by Crippen LogP contribution is 2.31. The molecular formula is C3H10O3P2+2. The Bertz CT molecular complexity index is 88.7. The van der Waals surface area contributed by atoms with Crippen LogP contribution in [0.1, 0.15) is 7.43 Å². The highest BCUT2D eigenvalue weighted by Gasteiger charge is 2.22. The molecular weight excluding hydrogens is 146 g/mol. The lowest BCUT2D eigenvalue weighted by molar-refractivity contribution is 0.496. The molecule has 3 nitrogen and oxygen atoms in total. The van der Waals surface area contributed by atoms with E-state index in [0.717, 1.165) is 0 Å². The van der Waals surface area contributed by atoms with Crippen molar-refractivity contribution in [1.82, 2.24) is 0 Å². The van der Waals surface area contributed by atoms with E-state index in [1.807, 2.05) is 0 Å². The summed E-state index contributed by atoms with van der Waals surface area (Å²) in [6.45, 7) is 2.73. The molecule has 48 valence electrons. The Hall–Kier alpha value is 0.160. The lowest BCUT2D eigenvalue weighted by Crippen LogP contribution is -1.56. The molecule has 0 N–H and O–H groups in total. The highest BCUT2D eigenvalue weighted by molar-refractivity contribution is 7.52. The van der Waals surface area contributed by atoms with Crippen molar-refractivity contribution in [2.75, 3.05) is 13.3 Å². The van der Waals surface area contributed by atoms with E-state index < -0.39 is 16.1 Å². The van der Waals surface area contributed by atoms with Crippen LogP contribution < -0.4 is 0 Å². The molecule has 5 heteroatoms. The van der Waals surface area contributed by atoms with Crippen molar-refractivity contribution in [1.29, 1.82) is 0 Å². The lowest BCUT2D eigenvalue weighted by atomic mass is 12.0. The molecule has 0 aromatic heterocycles. The van der Waals surface area contributed by atoms with Gasteiger partial charge in [0.25, 0.3) is 0 Å². The molecule has 0 heterocycles. The second-order valence-electron chi connectivity index (χ2n) is 0.961. The van der Waals surface area contributed by atoms with Crippen LogP contribution in [-0.4, -0.2) is 13.3 Å². The molecule has 0 saturated heterocycles. The van der Waals surface area contributed by atoms with Crippen LogP contribution in [0.15, 0.2) is 0 Å². The van der Waals surface area contributed by atoms with Gasteiger partial charge in [0.15, 0.2) is 13.3 Å². The average Bonchev–Trinajstić information content (AvgIpc) is 1.27. The molecule has 0 aliphatic rings. The molecule has 0 spiro atoms. The number of hydrogen-bond donors (Lipinski definition) is 0. The van der Waals surface area contributed by atoms with Crippen molar-refractivity contribution < 1.29 is 13.4 Å². The number of hydrogen-bond acceptors (Lipinski definition) is 3. The molecule has 0 bridgehead atoms. The van der Waals surface area contributed by atoms with E-state index in [1.165, 1.54) is 13.3 Å². The van der Waals surface area contributed by atoms with Gasteiger partial charge in [-0.25, -0.2) is 0 Å². The van der Waals surface area contributed by atoms with E-state index in [0.29, 0.717) is 0 Å². The summed E-state index contributed by atoms with van der Waals surface area (Å²) >= 11 is 0. The Balaban J connectivity index is 0. The lowest BCUT2D eigenvalue weighted by Gasteiger charge is -1.55. The molecule has 0 aromatic rings. The van der Waals surface area contributed by atoms with Crippen LogP contribution in [0.3, 0.4) is 0 Å². The normalized spacial score (nSPS) is 11.8. The maximum Gasteiger partial charge on any atom is 0.558 e. The molecule has 0 aliphatic carbocycles. The summed E-state index contributed by atoms with van der Waals surface area (Å²) in [6.07, 6.45) is 0. The summed E-state index contributed by atoms with van der Waals surface area (Å²) in [5, 5.41) is 0. The maximum absolute atomic E-state index is 10.00. The number of rotatable bonds is 2. The van der Waals surface area contributed by atoms with Crippen molar-refractivity contribution in [2.45, 2.75) is 7.43 Å². The second kappa shape index (κ2) is 5.30. The Morgan fingerprint density at radius 2 is 1.38 bits per heavy atom. The SMILES string of the molecule is C.C[P+](=O)O[P+](C)=O. The molecule has 0 rings (SSSR count). The van der Waals surface area contributed by atoms with Crippen LogP contribution in [0.2, 0.25) is 0 Å². The van der Waals surface area contributed by atoms with Gasteiger partial charge >= 0.3 is 16.1 Å². The first kappa shape index (κ1) is 11.0. The minimum atomic E-state index is -1.67. The minimum absolute atomic E-state index is 0. The van der Waals surface area contributed by atoms with Gasteiger partial charge in [-0.2, -0.15) is 0 Å². The first-order chi connectivity index (χ1) is 3.13. The molecule has 0 amide bonds. The average molecular weight is 156 g/mol. The molecule has 0 aromatic carbocycles. The van der Waals surface area contributed by atoms with Crippen LogP contribution in [0.25, 0.3) is 0 Å². The standard InChI is InChI=1S/C2H6O3P2.CH4/c1-6(3)5-7(2)4;/h1-2H3;1H4/q+2;. The zero-order valence-electron chi connectivity index (χ0n) is 4.12. The third kappa shape index (κ3) is 9.48. The van der Waals surface area contributed by atoms with Crippen LogP contribution in [0, 0.1) is 0 Å². The molecule has 0 aliphatic heterocycles. The summed E-state index contributed by atoms with van der Waals surface area (Å²) in [4.78, 5) is 0. The van der Waals surface area contributed by atoms with Gasteiger partial charge in [-0.15, -0.1) is 0 Å². The predicted octanol–water partition coefficient (Wildman–Crippen LogP) is 2.38. The Morgan fingerprint density at radius 1 is 1.12 bits per heavy atom.